The molecule has 0 aromatic carbocycles. The minimum absolute atomic E-state index is 0.126. The van der Waals surface area contributed by atoms with Gasteiger partial charge >= 0.3 is 6.03 Å². The van der Waals surface area contributed by atoms with Crippen molar-refractivity contribution in [1.82, 2.24) is 24.7 Å². The first-order chi connectivity index (χ1) is 12.2. The number of fused-ring (bicyclic) bond motifs is 2. The highest BCUT2D eigenvalue weighted by Gasteiger charge is 2.47. The molecule has 0 bridgehead atoms. The third-order valence-corrected chi connectivity index (χ3v) is 5.76. The van der Waals surface area contributed by atoms with Crippen LogP contribution in [0.1, 0.15) is 31.2 Å². The lowest BCUT2D eigenvalue weighted by molar-refractivity contribution is -0.133. The van der Waals surface area contributed by atoms with E-state index in [1.807, 2.05) is 6.33 Å². The van der Waals surface area contributed by atoms with Crippen LogP contribution in [0.3, 0.4) is 0 Å². The average Bonchev–Trinajstić information content (AvgIpc) is 3.24. The number of urea groups is 1. The van der Waals surface area contributed by atoms with E-state index >= 15 is 0 Å². The van der Waals surface area contributed by atoms with Crippen LogP contribution in [0.2, 0.25) is 0 Å². The number of imide groups is 1. The van der Waals surface area contributed by atoms with Gasteiger partial charge in [-0.25, -0.2) is 9.78 Å². The third kappa shape index (κ3) is 2.64. The van der Waals surface area contributed by atoms with Gasteiger partial charge in [0.1, 0.15) is 0 Å². The zero-order chi connectivity index (χ0) is 17.4. The van der Waals surface area contributed by atoms with Crippen molar-refractivity contribution in [2.24, 2.45) is 0 Å². The number of nitrogens with zero attached hydrogens (tertiary/aromatic N) is 4. The van der Waals surface area contributed by atoms with Crippen molar-refractivity contribution in [3.05, 3.63) is 17.7 Å². The lowest BCUT2D eigenvalue weighted by Gasteiger charge is -2.48. The van der Waals surface area contributed by atoms with Crippen LogP contribution in [0.25, 0.3) is 0 Å². The molecule has 0 saturated carbocycles. The normalized spacial score (nSPS) is 22.9. The summed E-state index contributed by atoms with van der Waals surface area (Å²) in [6.45, 7) is 6.43. The quantitative estimate of drug-likeness (QED) is 0.852. The fourth-order valence-electron chi connectivity index (χ4n) is 4.39. The fraction of sp³-hybridized carbons (Fsp3) is 0.706. The van der Waals surface area contributed by atoms with E-state index in [2.05, 4.69) is 21.7 Å². The van der Waals surface area contributed by atoms with Gasteiger partial charge in [0.15, 0.2) is 0 Å². The monoisotopic (exact) mass is 347 g/mol. The summed E-state index contributed by atoms with van der Waals surface area (Å²) in [5, 5.41) is 2.70. The second-order valence-corrected chi connectivity index (χ2v) is 6.92. The van der Waals surface area contributed by atoms with Crippen molar-refractivity contribution in [3.63, 3.8) is 0 Å². The van der Waals surface area contributed by atoms with Crippen LogP contribution >= 0.6 is 0 Å². The number of carbonyl (C=O) groups is 2. The standard InChI is InChI=1S/C17H25N5O3/c1-2-20-12-19-15-13(20)3-7-21(17(15)4-9-25-10-5-17)11-14(23)22-8-6-18-16(22)24/h12H,2-11H2,1H3,(H,18,24). The zero-order valence-corrected chi connectivity index (χ0v) is 14.7. The Kier molecular flexibility index (Phi) is 4.24. The number of imidazole rings is 1. The number of carbonyl (C=O) groups excluding carboxylic acids is 2. The van der Waals surface area contributed by atoms with E-state index in [1.165, 1.54) is 10.6 Å². The lowest BCUT2D eigenvalue weighted by atomic mass is 9.80. The molecule has 1 aromatic rings. The summed E-state index contributed by atoms with van der Waals surface area (Å²) >= 11 is 0. The van der Waals surface area contributed by atoms with Gasteiger partial charge in [0.25, 0.3) is 0 Å². The van der Waals surface area contributed by atoms with E-state index in [0.717, 1.165) is 38.0 Å². The van der Waals surface area contributed by atoms with Crippen LogP contribution in [-0.4, -0.2) is 70.7 Å². The largest absolute Gasteiger partial charge is 0.381 e. The second-order valence-electron chi connectivity index (χ2n) is 6.92. The summed E-state index contributed by atoms with van der Waals surface area (Å²) in [6, 6.07) is -0.279. The Bertz CT molecular complexity index is 680. The summed E-state index contributed by atoms with van der Waals surface area (Å²) in [4.78, 5) is 32.8. The van der Waals surface area contributed by atoms with Gasteiger partial charge in [0.05, 0.1) is 24.1 Å². The number of hydrogen-bond acceptors (Lipinski definition) is 5. The van der Waals surface area contributed by atoms with Crippen molar-refractivity contribution in [1.29, 1.82) is 0 Å². The molecule has 3 aliphatic rings. The van der Waals surface area contributed by atoms with E-state index in [-0.39, 0.29) is 24.0 Å². The van der Waals surface area contributed by atoms with Crippen LogP contribution in [0.15, 0.2) is 6.33 Å². The number of amides is 3. The number of hydrogen-bond donors (Lipinski definition) is 1. The topological polar surface area (TPSA) is 79.7 Å². The Balaban J connectivity index is 1.63. The molecule has 0 radical (unpaired) electrons. The van der Waals surface area contributed by atoms with Crippen LogP contribution in [0.4, 0.5) is 4.79 Å². The van der Waals surface area contributed by atoms with Crippen molar-refractivity contribution in [2.75, 3.05) is 39.4 Å². The molecular formula is C17H25N5O3. The number of ether oxygens (including phenoxy) is 1. The van der Waals surface area contributed by atoms with Gasteiger partial charge in [-0.2, -0.15) is 0 Å². The predicted octanol–water partition coefficient (Wildman–Crippen LogP) is 0.319. The summed E-state index contributed by atoms with van der Waals surface area (Å²) in [5.41, 5.74) is 2.13. The van der Waals surface area contributed by atoms with Crippen molar-refractivity contribution < 1.29 is 14.3 Å². The van der Waals surface area contributed by atoms with Crippen LogP contribution in [-0.2, 0) is 28.0 Å². The maximum Gasteiger partial charge on any atom is 0.324 e. The van der Waals surface area contributed by atoms with Gasteiger partial charge in [-0.15, -0.1) is 0 Å². The number of nitrogens with one attached hydrogen (secondary N) is 1. The molecule has 2 fully saturated rings. The predicted molar refractivity (Wildman–Crippen MR) is 90.0 cm³/mol. The van der Waals surface area contributed by atoms with Gasteiger partial charge in [-0.1, -0.05) is 0 Å². The number of aromatic nitrogens is 2. The minimum atomic E-state index is -0.279. The van der Waals surface area contributed by atoms with Crippen LogP contribution in [0, 0.1) is 0 Å². The summed E-state index contributed by atoms with van der Waals surface area (Å²) < 4.78 is 7.80. The zero-order valence-electron chi connectivity index (χ0n) is 14.7. The Hall–Kier alpha value is -1.93. The Labute approximate surface area is 147 Å². The van der Waals surface area contributed by atoms with Gasteiger partial charge in [0, 0.05) is 51.5 Å². The molecule has 4 rings (SSSR count). The highest BCUT2D eigenvalue weighted by Crippen LogP contribution is 2.42. The van der Waals surface area contributed by atoms with Crippen LogP contribution < -0.4 is 5.32 Å². The molecule has 8 nitrogen and oxygen atoms in total. The Morgan fingerprint density at radius 1 is 1.36 bits per heavy atom. The number of aryl methyl sites for hydroxylation is 1. The molecule has 1 aromatic heterocycles. The third-order valence-electron chi connectivity index (χ3n) is 5.76. The summed E-state index contributed by atoms with van der Waals surface area (Å²) in [7, 11) is 0. The molecule has 3 aliphatic heterocycles. The molecule has 1 N–H and O–H groups in total. The van der Waals surface area contributed by atoms with E-state index in [1.54, 1.807) is 0 Å². The van der Waals surface area contributed by atoms with Crippen molar-refractivity contribution in [3.8, 4) is 0 Å². The van der Waals surface area contributed by atoms with E-state index in [4.69, 9.17) is 9.72 Å². The first-order valence-corrected chi connectivity index (χ1v) is 9.11. The lowest BCUT2D eigenvalue weighted by Crippen LogP contribution is -2.57. The molecule has 8 heteroatoms. The van der Waals surface area contributed by atoms with E-state index < -0.39 is 0 Å². The highest BCUT2D eigenvalue weighted by molar-refractivity contribution is 5.96. The Morgan fingerprint density at radius 3 is 2.84 bits per heavy atom. The van der Waals surface area contributed by atoms with Crippen LogP contribution in [0.5, 0.6) is 0 Å². The molecule has 4 heterocycles. The van der Waals surface area contributed by atoms with Crippen molar-refractivity contribution >= 4 is 11.9 Å². The van der Waals surface area contributed by atoms with Gasteiger partial charge in [-0.05, 0) is 19.8 Å². The molecule has 0 atom stereocenters. The van der Waals surface area contributed by atoms with Gasteiger partial charge < -0.3 is 14.6 Å². The molecule has 0 aliphatic carbocycles. The maximum absolute atomic E-state index is 12.7. The highest BCUT2D eigenvalue weighted by atomic mass is 16.5. The fourth-order valence-corrected chi connectivity index (χ4v) is 4.39. The van der Waals surface area contributed by atoms with Crippen molar-refractivity contribution in [2.45, 2.75) is 38.3 Å². The minimum Gasteiger partial charge on any atom is -0.381 e. The molecule has 25 heavy (non-hydrogen) atoms. The SMILES string of the molecule is CCn1cnc2c1CCN(CC(=O)N1CCNC1=O)C21CCOCC1. The maximum atomic E-state index is 12.7. The molecule has 2 saturated heterocycles. The smallest absolute Gasteiger partial charge is 0.324 e. The van der Waals surface area contributed by atoms with E-state index in [0.29, 0.717) is 26.3 Å². The van der Waals surface area contributed by atoms with Gasteiger partial charge in [0.2, 0.25) is 5.91 Å². The Morgan fingerprint density at radius 2 is 2.16 bits per heavy atom. The van der Waals surface area contributed by atoms with E-state index in [9.17, 15) is 9.59 Å². The van der Waals surface area contributed by atoms with Gasteiger partial charge in [-0.3, -0.25) is 14.6 Å². The number of rotatable bonds is 3. The second kappa shape index (κ2) is 6.42. The molecule has 0 unspecified atom stereocenters. The first-order valence-electron chi connectivity index (χ1n) is 9.11. The summed E-state index contributed by atoms with van der Waals surface area (Å²) in [6.07, 6.45) is 4.47. The average molecular weight is 347 g/mol. The molecule has 136 valence electrons. The first kappa shape index (κ1) is 16.5. The molecular weight excluding hydrogens is 322 g/mol. The molecule has 1 spiro atoms. The molecule has 3 amide bonds. The summed E-state index contributed by atoms with van der Waals surface area (Å²) in [5.74, 6) is -0.126.